The standard InChI is InChI=1S/C19H17N3O4/c1-12-5-3-4-6-15(12)22-17(24)11-16(26-2)18(21-22)19(25)20-13-7-9-14(23)10-8-13/h3-11,23H,1-2H3,(H,20,25). The van der Waals surface area contributed by atoms with Crippen LogP contribution in [-0.4, -0.2) is 27.9 Å². The van der Waals surface area contributed by atoms with Crippen LogP contribution in [-0.2, 0) is 0 Å². The van der Waals surface area contributed by atoms with Gasteiger partial charge in [-0.05, 0) is 42.8 Å². The number of aryl methyl sites for hydroxylation is 1. The Hall–Kier alpha value is -3.61. The van der Waals surface area contributed by atoms with Crippen molar-refractivity contribution in [1.29, 1.82) is 0 Å². The maximum Gasteiger partial charge on any atom is 0.280 e. The topological polar surface area (TPSA) is 93.5 Å². The lowest BCUT2D eigenvalue weighted by atomic mass is 10.2. The maximum atomic E-state index is 12.6. The molecule has 1 aromatic heterocycles. The molecule has 2 N–H and O–H groups in total. The van der Waals surface area contributed by atoms with Crippen molar-refractivity contribution in [2.45, 2.75) is 6.92 Å². The van der Waals surface area contributed by atoms with E-state index in [9.17, 15) is 14.7 Å². The van der Waals surface area contributed by atoms with Gasteiger partial charge in [-0.3, -0.25) is 9.59 Å². The number of aromatic nitrogens is 2. The molecule has 0 radical (unpaired) electrons. The molecule has 7 nitrogen and oxygen atoms in total. The second kappa shape index (κ2) is 7.10. The highest BCUT2D eigenvalue weighted by atomic mass is 16.5. The molecule has 1 heterocycles. The fourth-order valence-electron chi connectivity index (χ4n) is 2.46. The van der Waals surface area contributed by atoms with Gasteiger partial charge in [-0.1, -0.05) is 18.2 Å². The number of methoxy groups -OCH3 is 1. The highest BCUT2D eigenvalue weighted by molar-refractivity contribution is 6.04. The van der Waals surface area contributed by atoms with E-state index in [1.54, 1.807) is 24.3 Å². The molecule has 3 aromatic rings. The van der Waals surface area contributed by atoms with Gasteiger partial charge in [0.1, 0.15) is 5.75 Å². The van der Waals surface area contributed by atoms with E-state index in [4.69, 9.17) is 4.74 Å². The molecule has 0 spiro atoms. The third-order valence-electron chi connectivity index (χ3n) is 3.80. The summed E-state index contributed by atoms with van der Waals surface area (Å²) in [4.78, 5) is 25.0. The number of phenols is 1. The van der Waals surface area contributed by atoms with Crippen molar-refractivity contribution in [2.24, 2.45) is 0 Å². The minimum absolute atomic E-state index is 0.0246. The highest BCUT2D eigenvalue weighted by Gasteiger charge is 2.18. The Morgan fingerprint density at radius 2 is 1.85 bits per heavy atom. The SMILES string of the molecule is COc1cc(=O)n(-c2ccccc2C)nc1C(=O)Nc1ccc(O)cc1. The van der Waals surface area contributed by atoms with Gasteiger partial charge in [0.2, 0.25) is 0 Å². The molecule has 0 bridgehead atoms. The van der Waals surface area contributed by atoms with E-state index < -0.39 is 11.5 Å². The number of rotatable bonds is 4. The molecular weight excluding hydrogens is 334 g/mol. The third-order valence-corrected chi connectivity index (χ3v) is 3.80. The van der Waals surface area contributed by atoms with Crippen LogP contribution in [0.3, 0.4) is 0 Å². The van der Waals surface area contributed by atoms with Crippen LogP contribution in [0.5, 0.6) is 11.5 Å². The second-order valence-electron chi connectivity index (χ2n) is 5.60. The molecule has 0 aliphatic carbocycles. The van der Waals surface area contributed by atoms with Crippen molar-refractivity contribution in [3.63, 3.8) is 0 Å². The molecule has 0 aliphatic rings. The van der Waals surface area contributed by atoms with Crippen LogP contribution in [0.1, 0.15) is 16.1 Å². The number of anilines is 1. The van der Waals surface area contributed by atoms with Gasteiger partial charge < -0.3 is 15.2 Å². The Labute approximate surface area is 149 Å². The number of benzene rings is 2. The number of hydrogen-bond donors (Lipinski definition) is 2. The number of para-hydroxylation sites is 1. The van der Waals surface area contributed by atoms with Crippen LogP contribution in [0, 0.1) is 6.92 Å². The van der Waals surface area contributed by atoms with E-state index >= 15 is 0 Å². The van der Waals surface area contributed by atoms with Crippen LogP contribution in [0.25, 0.3) is 5.69 Å². The summed E-state index contributed by atoms with van der Waals surface area (Å²) in [5.41, 5.74) is 1.47. The first kappa shape index (κ1) is 17.2. The average molecular weight is 351 g/mol. The summed E-state index contributed by atoms with van der Waals surface area (Å²) >= 11 is 0. The number of amides is 1. The van der Waals surface area contributed by atoms with Gasteiger partial charge in [0.15, 0.2) is 11.4 Å². The fraction of sp³-hybridized carbons (Fsp3) is 0.105. The van der Waals surface area contributed by atoms with E-state index in [2.05, 4.69) is 10.4 Å². The summed E-state index contributed by atoms with van der Waals surface area (Å²) in [7, 11) is 1.37. The van der Waals surface area contributed by atoms with E-state index in [0.29, 0.717) is 11.4 Å². The summed E-state index contributed by atoms with van der Waals surface area (Å²) < 4.78 is 6.32. The molecule has 1 amide bonds. The van der Waals surface area contributed by atoms with E-state index in [1.807, 2.05) is 19.1 Å². The van der Waals surface area contributed by atoms with Gasteiger partial charge in [0, 0.05) is 5.69 Å². The van der Waals surface area contributed by atoms with Gasteiger partial charge in [-0.25, -0.2) is 0 Å². The number of nitrogens with one attached hydrogen (secondary N) is 1. The predicted octanol–water partition coefficient (Wildman–Crippen LogP) is 2.51. The van der Waals surface area contributed by atoms with Crippen LogP contribution in [0.15, 0.2) is 59.4 Å². The summed E-state index contributed by atoms with van der Waals surface area (Å²) in [6.45, 7) is 1.85. The van der Waals surface area contributed by atoms with Crippen molar-refractivity contribution in [3.05, 3.63) is 76.2 Å². The van der Waals surface area contributed by atoms with Gasteiger partial charge in [-0.15, -0.1) is 0 Å². The lowest BCUT2D eigenvalue weighted by Crippen LogP contribution is -2.26. The molecule has 26 heavy (non-hydrogen) atoms. The minimum atomic E-state index is -0.533. The molecule has 3 rings (SSSR count). The van der Waals surface area contributed by atoms with Crippen LogP contribution in [0.2, 0.25) is 0 Å². The van der Waals surface area contributed by atoms with Gasteiger partial charge in [0.25, 0.3) is 11.5 Å². The maximum absolute atomic E-state index is 12.6. The lowest BCUT2D eigenvalue weighted by molar-refractivity contribution is 0.101. The summed E-state index contributed by atoms with van der Waals surface area (Å²) in [5.74, 6) is -0.363. The molecule has 132 valence electrons. The first-order valence-corrected chi connectivity index (χ1v) is 7.84. The van der Waals surface area contributed by atoms with Crippen molar-refractivity contribution < 1.29 is 14.6 Å². The number of nitrogens with zero attached hydrogens (tertiary/aromatic N) is 2. The number of ether oxygens (including phenoxy) is 1. The molecule has 0 fully saturated rings. The summed E-state index contributed by atoms with van der Waals surface area (Å²) in [5, 5.41) is 16.2. The number of phenolic OH excluding ortho intramolecular Hbond substituents is 1. The Bertz CT molecular complexity index is 1010. The van der Waals surface area contributed by atoms with Crippen molar-refractivity contribution in [2.75, 3.05) is 12.4 Å². The largest absolute Gasteiger partial charge is 0.508 e. The van der Waals surface area contributed by atoms with Crippen LogP contribution < -0.4 is 15.6 Å². The zero-order valence-electron chi connectivity index (χ0n) is 14.3. The molecule has 0 saturated heterocycles. The molecule has 0 saturated carbocycles. The van der Waals surface area contributed by atoms with Crippen molar-refractivity contribution in [1.82, 2.24) is 9.78 Å². The van der Waals surface area contributed by atoms with E-state index in [-0.39, 0.29) is 17.2 Å². The minimum Gasteiger partial charge on any atom is -0.508 e. The van der Waals surface area contributed by atoms with Gasteiger partial charge >= 0.3 is 0 Å². The van der Waals surface area contributed by atoms with Gasteiger partial charge in [-0.2, -0.15) is 9.78 Å². The average Bonchev–Trinajstić information content (AvgIpc) is 2.64. The summed E-state index contributed by atoms with van der Waals surface area (Å²) in [6.07, 6.45) is 0. The Morgan fingerprint density at radius 1 is 1.15 bits per heavy atom. The fourth-order valence-corrected chi connectivity index (χ4v) is 2.46. The molecule has 0 atom stereocenters. The molecule has 0 aliphatic heterocycles. The van der Waals surface area contributed by atoms with Gasteiger partial charge in [0.05, 0.1) is 18.9 Å². The number of aromatic hydroxyl groups is 1. The first-order chi connectivity index (χ1) is 12.5. The predicted molar refractivity (Wildman–Crippen MR) is 97.2 cm³/mol. The molecule has 7 heteroatoms. The van der Waals surface area contributed by atoms with Crippen LogP contribution >= 0.6 is 0 Å². The Kier molecular flexibility index (Phi) is 4.70. The Balaban J connectivity index is 2.04. The number of carbonyl (C=O) groups is 1. The van der Waals surface area contributed by atoms with Crippen molar-refractivity contribution >= 4 is 11.6 Å². The molecular formula is C19H17N3O4. The lowest BCUT2D eigenvalue weighted by Gasteiger charge is -2.12. The zero-order valence-corrected chi connectivity index (χ0v) is 14.3. The normalized spacial score (nSPS) is 10.4. The second-order valence-corrected chi connectivity index (χ2v) is 5.60. The molecule has 2 aromatic carbocycles. The Morgan fingerprint density at radius 3 is 2.50 bits per heavy atom. The quantitative estimate of drug-likeness (QED) is 0.705. The third kappa shape index (κ3) is 3.41. The van der Waals surface area contributed by atoms with E-state index in [1.165, 1.54) is 30.0 Å². The van der Waals surface area contributed by atoms with Crippen molar-refractivity contribution in [3.8, 4) is 17.2 Å². The number of hydrogen-bond acceptors (Lipinski definition) is 5. The van der Waals surface area contributed by atoms with Crippen LogP contribution in [0.4, 0.5) is 5.69 Å². The zero-order chi connectivity index (χ0) is 18.7. The van der Waals surface area contributed by atoms with E-state index in [0.717, 1.165) is 5.56 Å². The smallest absolute Gasteiger partial charge is 0.280 e. The number of carbonyl (C=O) groups excluding carboxylic acids is 1. The first-order valence-electron chi connectivity index (χ1n) is 7.84. The molecule has 0 unspecified atom stereocenters. The highest BCUT2D eigenvalue weighted by Crippen LogP contribution is 2.19. The monoisotopic (exact) mass is 351 g/mol. The summed E-state index contributed by atoms with van der Waals surface area (Å²) in [6, 6.07) is 14.5.